The van der Waals surface area contributed by atoms with Crippen LogP contribution in [0.3, 0.4) is 0 Å². The number of hydrogen-bond donors (Lipinski definition) is 2. The SMILES string of the molecule is CC(C)CONCCNC(C)(C)C. The van der Waals surface area contributed by atoms with Crippen LogP contribution < -0.4 is 10.8 Å². The Morgan fingerprint density at radius 1 is 1.15 bits per heavy atom. The maximum Gasteiger partial charge on any atom is 0.0705 e. The Hall–Kier alpha value is -0.120. The van der Waals surface area contributed by atoms with E-state index in [4.69, 9.17) is 4.84 Å². The van der Waals surface area contributed by atoms with Crippen molar-refractivity contribution in [3.05, 3.63) is 0 Å². The summed E-state index contributed by atoms with van der Waals surface area (Å²) in [7, 11) is 0. The van der Waals surface area contributed by atoms with Crippen LogP contribution in [-0.4, -0.2) is 25.2 Å². The van der Waals surface area contributed by atoms with Gasteiger partial charge in [-0.15, -0.1) is 0 Å². The summed E-state index contributed by atoms with van der Waals surface area (Å²) in [5.74, 6) is 0.586. The molecule has 13 heavy (non-hydrogen) atoms. The summed E-state index contributed by atoms with van der Waals surface area (Å²) in [6.45, 7) is 13.3. The van der Waals surface area contributed by atoms with Crippen molar-refractivity contribution in [2.24, 2.45) is 5.92 Å². The van der Waals surface area contributed by atoms with Crippen molar-refractivity contribution in [2.75, 3.05) is 19.7 Å². The third-order valence-corrected chi connectivity index (χ3v) is 1.40. The van der Waals surface area contributed by atoms with Gasteiger partial charge in [-0.3, -0.25) is 0 Å². The van der Waals surface area contributed by atoms with Gasteiger partial charge in [0.25, 0.3) is 0 Å². The monoisotopic (exact) mass is 188 g/mol. The van der Waals surface area contributed by atoms with Crippen LogP contribution in [0.25, 0.3) is 0 Å². The molecule has 0 radical (unpaired) electrons. The third kappa shape index (κ3) is 11.9. The summed E-state index contributed by atoms with van der Waals surface area (Å²) >= 11 is 0. The van der Waals surface area contributed by atoms with Gasteiger partial charge in [0.05, 0.1) is 6.61 Å². The Kier molecular flexibility index (Phi) is 6.29. The largest absolute Gasteiger partial charge is 0.311 e. The van der Waals surface area contributed by atoms with Gasteiger partial charge in [0, 0.05) is 18.6 Å². The molecule has 0 rings (SSSR count). The van der Waals surface area contributed by atoms with Gasteiger partial charge in [-0.2, -0.15) is 0 Å². The lowest BCUT2D eigenvalue weighted by molar-refractivity contribution is 0.0240. The van der Waals surface area contributed by atoms with Crippen LogP contribution in [0, 0.1) is 5.92 Å². The summed E-state index contributed by atoms with van der Waals surface area (Å²) in [5, 5.41) is 3.37. The lowest BCUT2D eigenvalue weighted by Gasteiger charge is -2.20. The van der Waals surface area contributed by atoms with E-state index >= 15 is 0 Å². The zero-order valence-electron chi connectivity index (χ0n) is 9.61. The van der Waals surface area contributed by atoms with Crippen molar-refractivity contribution < 1.29 is 4.84 Å². The van der Waals surface area contributed by atoms with E-state index in [0.29, 0.717) is 5.92 Å². The van der Waals surface area contributed by atoms with Crippen LogP contribution >= 0.6 is 0 Å². The Morgan fingerprint density at radius 3 is 2.23 bits per heavy atom. The average molecular weight is 188 g/mol. The zero-order valence-corrected chi connectivity index (χ0v) is 9.61. The first-order valence-electron chi connectivity index (χ1n) is 5.01. The summed E-state index contributed by atoms with van der Waals surface area (Å²) in [6, 6.07) is 0. The highest BCUT2D eigenvalue weighted by atomic mass is 16.6. The van der Waals surface area contributed by atoms with Gasteiger partial charge in [0.2, 0.25) is 0 Å². The van der Waals surface area contributed by atoms with Crippen LogP contribution in [0.1, 0.15) is 34.6 Å². The Morgan fingerprint density at radius 2 is 1.77 bits per heavy atom. The normalized spacial score (nSPS) is 12.5. The third-order valence-electron chi connectivity index (χ3n) is 1.40. The summed E-state index contributed by atoms with van der Waals surface area (Å²) in [6.07, 6.45) is 0. The second kappa shape index (κ2) is 6.35. The number of hydrogen-bond acceptors (Lipinski definition) is 3. The first-order chi connectivity index (χ1) is 5.92. The molecule has 0 aromatic carbocycles. The molecule has 80 valence electrons. The van der Waals surface area contributed by atoms with Gasteiger partial charge in [-0.05, 0) is 26.7 Å². The molecule has 0 spiro atoms. The molecule has 0 aliphatic carbocycles. The molecule has 0 atom stereocenters. The summed E-state index contributed by atoms with van der Waals surface area (Å²) in [4.78, 5) is 5.22. The van der Waals surface area contributed by atoms with E-state index in [2.05, 4.69) is 45.4 Å². The van der Waals surface area contributed by atoms with Gasteiger partial charge in [-0.1, -0.05) is 13.8 Å². The fourth-order valence-electron chi connectivity index (χ4n) is 0.786. The van der Waals surface area contributed by atoms with E-state index in [1.165, 1.54) is 0 Å². The highest BCUT2D eigenvalue weighted by molar-refractivity contribution is 4.69. The second-order valence-corrected chi connectivity index (χ2v) is 4.78. The van der Waals surface area contributed by atoms with E-state index in [0.717, 1.165) is 19.7 Å². The molecule has 0 unspecified atom stereocenters. The van der Waals surface area contributed by atoms with Crippen molar-refractivity contribution in [2.45, 2.75) is 40.2 Å². The van der Waals surface area contributed by atoms with Crippen LogP contribution in [0.15, 0.2) is 0 Å². The maximum atomic E-state index is 5.22. The molecule has 0 amide bonds. The molecule has 0 heterocycles. The lowest BCUT2D eigenvalue weighted by Crippen LogP contribution is -2.40. The lowest BCUT2D eigenvalue weighted by atomic mass is 10.1. The highest BCUT2D eigenvalue weighted by Gasteiger charge is 2.06. The molecule has 0 aromatic heterocycles. The Labute approximate surface area is 82.2 Å². The summed E-state index contributed by atoms with van der Waals surface area (Å²) < 4.78 is 0. The predicted molar refractivity (Wildman–Crippen MR) is 56.5 cm³/mol. The van der Waals surface area contributed by atoms with Gasteiger partial charge >= 0.3 is 0 Å². The molecular weight excluding hydrogens is 164 g/mol. The van der Waals surface area contributed by atoms with Crippen molar-refractivity contribution in [3.63, 3.8) is 0 Å². The zero-order chi connectivity index (χ0) is 10.3. The molecule has 0 aliphatic rings. The first kappa shape index (κ1) is 12.9. The van der Waals surface area contributed by atoms with E-state index in [-0.39, 0.29) is 5.54 Å². The molecule has 0 saturated carbocycles. The van der Waals surface area contributed by atoms with E-state index < -0.39 is 0 Å². The molecule has 0 aliphatic heterocycles. The second-order valence-electron chi connectivity index (χ2n) is 4.78. The van der Waals surface area contributed by atoms with Crippen LogP contribution in [0.2, 0.25) is 0 Å². The van der Waals surface area contributed by atoms with Crippen LogP contribution in [0.4, 0.5) is 0 Å². The fraction of sp³-hybridized carbons (Fsp3) is 1.00. The van der Waals surface area contributed by atoms with Gasteiger partial charge in [-0.25, -0.2) is 5.48 Å². The van der Waals surface area contributed by atoms with Crippen molar-refractivity contribution in [3.8, 4) is 0 Å². The molecule has 3 nitrogen and oxygen atoms in total. The molecule has 0 saturated heterocycles. The van der Waals surface area contributed by atoms with Crippen LogP contribution in [0.5, 0.6) is 0 Å². The van der Waals surface area contributed by atoms with Crippen LogP contribution in [-0.2, 0) is 4.84 Å². The molecular formula is C10H24N2O. The molecule has 3 heteroatoms. The fourth-order valence-corrected chi connectivity index (χ4v) is 0.786. The minimum atomic E-state index is 0.194. The van der Waals surface area contributed by atoms with E-state index in [9.17, 15) is 0 Å². The molecule has 0 bridgehead atoms. The van der Waals surface area contributed by atoms with Gasteiger partial charge in [0.1, 0.15) is 0 Å². The Balaban J connectivity index is 3.09. The Bertz CT molecular complexity index is 119. The number of rotatable bonds is 6. The quantitative estimate of drug-likeness (QED) is 0.490. The standard InChI is InChI=1S/C10H24N2O/c1-9(2)8-13-12-7-6-11-10(3,4)5/h9,11-12H,6-8H2,1-5H3. The number of hydroxylamine groups is 1. The summed E-state index contributed by atoms with van der Waals surface area (Å²) in [5.41, 5.74) is 3.12. The highest BCUT2D eigenvalue weighted by Crippen LogP contribution is 1.96. The van der Waals surface area contributed by atoms with Gasteiger partial charge < -0.3 is 10.2 Å². The molecule has 2 N–H and O–H groups in total. The topological polar surface area (TPSA) is 33.3 Å². The molecule has 0 fully saturated rings. The van der Waals surface area contributed by atoms with Gasteiger partial charge in [0.15, 0.2) is 0 Å². The van der Waals surface area contributed by atoms with Crippen molar-refractivity contribution in [1.29, 1.82) is 0 Å². The number of nitrogens with one attached hydrogen (secondary N) is 2. The minimum absolute atomic E-state index is 0.194. The van der Waals surface area contributed by atoms with Crippen molar-refractivity contribution in [1.82, 2.24) is 10.8 Å². The van der Waals surface area contributed by atoms with E-state index in [1.807, 2.05) is 0 Å². The average Bonchev–Trinajstić information content (AvgIpc) is 1.93. The minimum Gasteiger partial charge on any atom is -0.311 e. The smallest absolute Gasteiger partial charge is 0.0705 e. The van der Waals surface area contributed by atoms with Crippen molar-refractivity contribution >= 4 is 0 Å². The molecule has 0 aromatic rings. The predicted octanol–water partition coefficient (Wildman–Crippen LogP) is 1.55. The van der Waals surface area contributed by atoms with E-state index in [1.54, 1.807) is 0 Å². The maximum absolute atomic E-state index is 5.22. The first-order valence-corrected chi connectivity index (χ1v) is 5.01.